The summed E-state index contributed by atoms with van der Waals surface area (Å²) in [5.74, 6) is -0.997. The van der Waals surface area contributed by atoms with Crippen molar-refractivity contribution in [3.8, 4) is 0 Å². The Balaban J connectivity index is 1.69. The largest absolute Gasteiger partial charge is 0.632 e. The van der Waals surface area contributed by atoms with E-state index in [1.54, 1.807) is 0 Å². The summed E-state index contributed by atoms with van der Waals surface area (Å²) in [6, 6.07) is 0.0146. The van der Waals surface area contributed by atoms with Gasteiger partial charge in [-0.25, -0.2) is 0 Å². The van der Waals surface area contributed by atoms with E-state index >= 15 is 0 Å². The summed E-state index contributed by atoms with van der Waals surface area (Å²) in [5.41, 5.74) is -0.318. The first-order valence-corrected chi connectivity index (χ1v) is 8.51. The lowest BCUT2D eigenvalue weighted by molar-refractivity contribution is -0.939. The van der Waals surface area contributed by atoms with Crippen molar-refractivity contribution in [2.24, 2.45) is 17.8 Å². The van der Waals surface area contributed by atoms with Gasteiger partial charge in [0.25, 0.3) is 0 Å². The molecule has 1 spiro atoms. The molecule has 5 aliphatic rings. The minimum Gasteiger partial charge on any atom is -0.632 e. The van der Waals surface area contributed by atoms with Crippen LogP contribution >= 0.6 is 0 Å². The molecule has 8 atom stereocenters. The minimum absolute atomic E-state index is 0.00778. The van der Waals surface area contributed by atoms with Crippen molar-refractivity contribution in [3.63, 3.8) is 0 Å². The van der Waals surface area contributed by atoms with E-state index in [1.165, 1.54) is 0 Å². The van der Waals surface area contributed by atoms with E-state index in [4.69, 9.17) is 9.47 Å². The number of carbonyl (C=O) groups is 1. The predicted octanol–water partition coefficient (Wildman–Crippen LogP) is 1.94. The van der Waals surface area contributed by atoms with Gasteiger partial charge in [-0.05, 0) is 6.42 Å². The highest BCUT2D eigenvalue weighted by molar-refractivity contribution is 5.76. The maximum atomic E-state index is 13.8. The van der Waals surface area contributed by atoms with Crippen molar-refractivity contribution >= 4 is 5.97 Å². The number of nitrogens with zero attached hydrogens (tertiary/aromatic N) is 1. The number of carbonyl (C=O) groups excluding carboxylic acids is 1. The molecule has 0 aromatic heterocycles. The average Bonchev–Trinajstić information content (AvgIpc) is 3.02. The van der Waals surface area contributed by atoms with Crippen molar-refractivity contribution in [1.29, 1.82) is 0 Å². The van der Waals surface area contributed by atoms with Crippen molar-refractivity contribution in [2.75, 3.05) is 6.54 Å². The lowest BCUT2D eigenvalue weighted by Crippen LogP contribution is -2.68. The second kappa shape index (κ2) is 3.47. The lowest BCUT2D eigenvalue weighted by atomic mass is 9.69. The van der Waals surface area contributed by atoms with Crippen LogP contribution in [0.25, 0.3) is 0 Å². The fourth-order valence-electron chi connectivity index (χ4n) is 6.79. The summed E-state index contributed by atoms with van der Waals surface area (Å²) in [6.45, 7) is 4.78. The van der Waals surface area contributed by atoms with Gasteiger partial charge in [0.1, 0.15) is 17.7 Å². The number of hydrogen-bond acceptors (Lipinski definition) is 4. The Kier molecular flexibility index (Phi) is 2.12. The number of piperidine rings is 1. The molecule has 5 heterocycles. The third-order valence-electron chi connectivity index (χ3n) is 7.40. The van der Waals surface area contributed by atoms with E-state index in [0.29, 0.717) is 6.54 Å². The van der Waals surface area contributed by atoms with Crippen molar-refractivity contribution < 1.29 is 18.9 Å². The van der Waals surface area contributed by atoms with E-state index in [0.717, 1.165) is 32.1 Å². The van der Waals surface area contributed by atoms with Crippen LogP contribution in [0.1, 0.15) is 46.0 Å². The maximum absolute atomic E-state index is 13.8. The van der Waals surface area contributed by atoms with Crippen molar-refractivity contribution in [3.05, 3.63) is 5.21 Å². The number of unbranched alkanes of at least 4 members (excludes halogenated alkanes) is 1. The molecule has 0 aliphatic carbocycles. The standard InChI is InChI=1S/C16H23NO4/c1-3-4-6-15-11-5-7-17(15,19)10-8-12(15)20-16(11)13(10)9(2)14(18)21-16/h9-13H,3-8H2,1-2H3/t9-,10-,11+,12-,13+,15-,16+,17?/m0/s1. The van der Waals surface area contributed by atoms with Crippen molar-refractivity contribution in [2.45, 2.75) is 69.4 Å². The lowest BCUT2D eigenvalue weighted by Gasteiger charge is -2.57. The Bertz CT molecular complexity index is 538. The van der Waals surface area contributed by atoms with Crippen LogP contribution in [0.2, 0.25) is 0 Å². The van der Waals surface area contributed by atoms with Gasteiger partial charge in [-0.3, -0.25) is 4.79 Å². The Morgan fingerprint density at radius 2 is 2.29 bits per heavy atom. The third kappa shape index (κ3) is 1.03. The van der Waals surface area contributed by atoms with Gasteiger partial charge in [-0.1, -0.05) is 20.3 Å². The molecule has 5 aliphatic heterocycles. The summed E-state index contributed by atoms with van der Waals surface area (Å²) >= 11 is 0. The van der Waals surface area contributed by atoms with Crippen molar-refractivity contribution in [1.82, 2.24) is 0 Å². The minimum atomic E-state index is -0.750. The first-order chi connectivity index (χ1) is 10.0. The van der Waals surface area contributed by atoms with Gasteiger partial charge < -0.3 is 19.3 Å². The topological polar surface area (TPSA) is 58.6 Å². The molecular weight excluding hydrogens is 270 g/mol. The molecule has 0 N–H and O–H groups in total. The zero-order valence-electron chi connectivity index (χ0n) is 12.7. The van der Waals surface area contributed by atoms with Gasteiger partial charge in [0.05, 0.1) is 24.3 Å². The smallest absolute Gasteiger partial charge is 0.311 e. The van der Waals surface area contributed by atoms with Crippen LogP contribution in [0, 0.1) is 23.0 Å². The van der Waals surface area contributed by atoms with E-state index in [9.17, 15) is 10.0 Å². The predicted molar refractivity (Wildman–Crippen MR) is 73.6 cm³/mol. The van der Waals surface area contributed by atoms with Crippen LogP contribution in [0.5, 0.6) is 0 Å². The molecule has 5 fully saturated rings. The maximum Gasteiger partial charge on any atom is 0.311 e. The molecular formula is C16H23NO4. The summed E-state index contributed by atoms with van der Waals surface area (Å²) < 4.78 is 12.1. The fraction of sp³-hybridized carbons (Fsp3) is 0.938. The van der Waals surface area contributed by atoms with Crippen LogP contribution in [-0.4, -0.2) is 40.6 Å². The molecule has 0 saturated carbocycles. The molecule has 116 valence electrons. The quantitative estimate of drug-likeness (QED) is 0.453. The van der Waals surface area contributed by atoms with Crippen LogP contribution < -0.4 is 0 Å². The zero-order chi connectivity index (χ0) is 14.6. The number of hydroxylamine groups is 3. The summed E-state index contributed by atoms with van der Waals surface area (Å²) in [7, 11) is 0. The monoisotopic (exact) mass is 293 g/mol. The normalized spacial score (nSPS) is 62.4. The Morgan fingerprint density at radius 1 is 1.48 bits per heavy atom. The molecule has 21 heavy (non-hydrogen) atoms. The van der Waals surface area contributed by atoms with E-state index in [-0.39, 0.29) is 46.1 Å². The van der Waals surface area contributed by atoms with Gasteiger partial charge in [0.15, 0.2) is 0 Å². The molecule has 0 radical (unpaired) electrons. The van der Waals surface area contributed by atoms with Gasteiger partial charge in [0, 0.05) is 19.3 Å². The van der Waals surface area contributed by atoms with Gasteiger partial charge >= 0.3 is 5.97 Å². The summed E-state index contributed by atoms with van der Waals surface area (Å²) in [4.78, 5) is 12.2. The fourth-order valence-corrected chi connectivity index (χ4v) is 6.79. The molecule has 0 amide bonds. The van der Waals surface area contributed by atoms with Gasteiger partial charge in [-0.2, -0.15) is 0 Å². The first kappa shape index (κ1) is 12.9. The van der Waals surface area contributed by atoms with Crippen LogP contribution in [-0.2, 0) is 14.3 Å². The van der Waals surface area contributed by atoms with E-state index in [1.807, 2.05) is 6.92 Å². The number of quaternary nitrogens is 1. The Hall–Kier alpha value is -0.650. The summed E-state index contributed by atoms with van der Waals surface area (Å²) in [5, 5.41) is 13.8. The number of rotatable bonds is 3. The first-order valence-electron chi connectivity index (χ1n) is 8.51. The van der Waals surface area contributed by atoms with Gasteiger partial charge in [0.2, 0.25) is 5.79 Å². The molecule has 0 aromatic rings. The number of hydrogen-bond donors (Lipinski definition) is 0. The number of ether oxygens (including phenoxy) is 2. The zero-order valence-corrected chi connectivity index (χ0v) is 12.7. The second-order valence-electron chi connectivity index (χ2n) is 7.82. The molecule has 5 saturated heterocycles. The molecule has 5 nitrogen and oxygen atoms in total. The highest BCUT2D eigenvalue weighted by Gasteiger charge is 2.89. The van der Waals surface area contributed by atoms with Crippen LogP contribution in [0.3, 0.4) is 0 Å². The van der Waals surface area contributed by atoms with Gasteiger partial charge in [-0.15, -0.1) is 0 Å². The number of fused-ring (bicyclic) bond motifs is 1. The third-order valence-corrected chi connectivity index (χ3v) is 7.40. The second-order valence-corrected chi connectivity index (χ2v) is 7.82. The highest BCUT2D eigenvalue weighted by Crippen LogP contribution is 2.74. The average molecular weight is 293 g/mol. The molecule has 1 unspecified atom stereocenters. The van der Waals surface area contributed by atoms with Crippen LogP contribution in [0.15, 0.2) is 0 Å². The SMILES string of the molecule is CCCC[C@@]12[C@@H]3C[C@H]4[C@H]5[C@H](C)C(=O)O[C@]5(O3)[C@@H]1CC[N+]42[O-]. The highest BCUT2D eigenvalue weighted by atomic mass is 16.7. The van der Waals surface area contributed by atoms with Crippen LogP contribution in [0.4, 0.5) is 0 Å². The number of esters is 1. The van der Waals surface area contributed by atoms with E-state index < -0.39 is 5.79 Å². The molecule has 0 aromatic carbocycles. The summed E-state index contributed by atoms with van der Waals surface area (Å²) in [6.07, 6.45) is 4.79. The molecule has 5 rings (SSSR count). The molecule has 5 bridgehead atoms. The van der Waals surface area contributed by atoms with E-state index in [2.05, 4.69) is 6.92 Å². The molecule has 5 heteroatoms. The Morgan fingerprint density at radius 3 is 3.05 bits per heavy atom. The Labute approximate surface area is 124 Å².